The molecule has 0 saturated heterocycles. The first-order valence-electron chi connectivity index (χ1n) is 7.91. The van der Waals surface area contributed by atoms with Gasteiger partial charge in [-0.15, -0.1) is 0 Å². The van der Waals surface area contributed by atoms with E-state index in [1.807, 2.05) is 13.8 Å². The topological polar surface area (TPSA) is 116 Å². The van der Waals surface area contributed by atoms with Crippen LogP contribution in [-0.2, 0) is 4.79 Å². The third-order valence-corrected chi connectivity index (χ3v) is 4.59. The second-order valence-corrected chi connectivity index (χ2v) is 7.16. The molecule has 2 heterocycles. The maximum Gasteiger partial charge on any atom is 0.269 e. The first-order valence-corrected chi connectivity index (χ1v) is 7.91. The maximum absolute atomic E-state index is 12.9. The van der Waals surface area contributed by atoms with Crippen LogP contribution in [0.3, 0.4) is 0 Å². The molecule has 1 aromatic carbocycles. The number of anilines is 1. The molecule has 1 atom stereocenters. The van der Waals surface area contributed by atoms with Crippen molar-refractivity contribution < 1.29 is 9.72 Å². The largest absolute Gasteiger partial charge is 0.326 e. The van der Waals surface area contributed by atoms with E-state index in [0.717, 1.165) is 5.70 Å². The number of nitrogens with one attached hydrogen (secondary N) is 1. The smallest absolute Gasteiger partial charge is 0.269 e. The number of carbonyl (C=O) groups excluding carboxylic acids is 1. The number of fused-ring (bicyclic) bond motifs is 1. The monoisotopic (exact) mass is 340 g/mol. The van der Waals surface area contributed by atoms with Gasteiger partial charge in [-0.25, -0.2) is 0 Å². The molecule has 1 N–H and O–H groups in total. The van der Waals surface area contributed by atoms with Gasteiger partial charge in [-0.1, -0.05) is 31.1 Å². The lowest BCUT2D eigenvalue weighted by Gasteiger charge is -2.37. The molecule has 0 saturated carbocycles. The number of hydrogen-bond acceptors (Lipinski definition) is 7. The summed E-state index contributed by atoms with van der Waals surface area (Å²) >= 11 is 0. The van der Waals surface area contributed by atoms with Crippen molar-refractivity contribution in [3.05, 3.63) is 51.2 Å². The van der Waals surface area contributed by atoms with Gasteiger partial charge in [0, 0.05) is 29.8 Å². The van der Waals surface area contributed by atoms with Gasteiger partial charge in [0.15, 0.2) is 5.78 Å². The van der Waals surface area contributed by atoms with Gasteiger partial charge in [-0.2, -0.15) is 4.68 Å². The highest BCUT2D eigenvalue weighted by Crippen LogP contribution is 2.45. The number of rotatable bonds is 2. The predicted octanol–water partition coefficient (Wildman–Crippen LogP) is 2.24. The van der Waals surface area contributed by atoms with E-state index >= 15 is 0 Å². The second-order valence-electron chi connectivity index (χ2n) is 7.16. The van der Waals surface area contributed by atoms with E-state index in [4.69, 9.17) is 0 Å². The number of aromatic nitrogens is 4. The summed E-state index contributed by atoms with van der Waals surface area (Å²) in [5.74, 6) is 0.442. The van der Waals surface area contributed by atoms with Crippen molar-refractivity contribution in [2.24, 2.45) is 5.41 Å². The van der Waals surface area contributed by atoms with E-state index in [1.54, 1.807) is 12.1 Å². The van der Waals surface area contributed by atoms with Crippen LogP contribution in [0.25, 0.3) is 0 Å². The summed E-state index contributed by atoms with van der Waals surface area (Å²) in [7, 11) is 0. The standard InChI is InChI=1S/C16H16N6O3/c1-16(2)7-11-13(12(23)8-16)14(21-15(17-11)18-19-20-21)9-4-3-5-10(6-9)22(24)25/h3-6,14H,7-8H2,1-2H3,(H,17,18,20). The quantitative estimate of drug-likeness (QED) is 0.658. The molecule has 1 aliphatic carbocycles. The summed E-state index contributed by atoms with van der Waals surface area (Å²) in [5.41, 5.74) is 1.80. The van der Waals surface area contributed by atoms with Crippen molar-refractivity contribution in [2.45, 2.75) is 32.7 Å². The molecule has 25 heavy (non-hydrogen) atoms. The molecule has 128 valence electrons. The van der Waals surface area contributed by atoms with Gasteiger partial charge in [-0.3, -0.25) is 14.9 Å². The van der Waals surface area contributed by atoms with Gasteiger partial charge in [-0.05, 0) is 27.8 Å². The summed E-state index contributed by atoms with van der Waals surface area (Å²) in [6.07, 6.45) is 1.10. The molecule has 0 fully saturated rings. The van der Waals surface area contributed by atoms with Gasteiger partial charge >= 0.3 is 0 Å². The Bertz CT molecular complexity index is 929. The number of hydrogen-bond donors (Lipinski definition) is 1. The number of Topliss-reactive ketones (excluding diaryl/α,β-unsaturated/α-hetero) is 1. The predicted molar refractivity (Wildman–Crippen MR) is 87.7 cm³/mol. The van der Waals surface area contributed by atoms with Gasteiger partial charge < -0.3 is 5.32 Å². The van der Waals surface area contributed by atoms with Crippen LogP contribution in [0, 0.1) is 15.5 Å². The lowest BCUT2D eigenvalue weighted by Crippen LogP contribution is -2.36. The van der Waals surface area contributed by atoms with E-state index in [-0.39, 0.29) is 16.9 Å². The summed E-state index contributed by atoms with van der Waals surface area (Å²) in [4.78, 5) is 23.5. The van der Waals surface area contributed by atoms with Gasteiger partial charge in [0.25, 0.3) is 5.69 Å². The zero-order chi connectivity index (χ0) is 17.8. The van der Waals surface area contributed by atoms with Crippen molar-refractivity contribution in [3.8, 4) is 0 Å². The SMILES string of the molecule is CC1(C)CC(=O)C2=C(C1)Nc1nnnn1C2c1cccc([N+](=O)[O-])c1. The third kappa shape index (κ3) is 2.48. The first kappa shape index (κ1) is 15.4. The number of nitro groups is 1. The van der Waals surface area contributed by atoms with Crippen molar-refractivity contribution in [1.82, 2.24) is 20.2 Å². The molecule has 1 unspecified atom stereocenters. The number of ketones is 1. The number of carbonyl (C=O) groups is 1. The molecule has 9 heteroatoms. The highest BCUT2D eigenvalue weighted by molar-refractivity contribution is 6.00. The maximum atomic E-state index is 12.9. The molecular weight excluding hydrogens is 324 g/mol. The van der Waals surface area contributed by atoms with E-state index in [9.17, 15) is 14.9 Å². The Balaban J connectivity index is 1.90. The molecule has 2 aliphatic rings. The summed E-state index contributed by atoms with van der Waals surface area (Å²) < 4.78 is 1.51. The van der Waals surface area contributed by atoms with Crippen molar-refractivity contribution in [1.29, 1.82) is 0 Å². The Hall–Kier alpha value is -3.10. The molecule has 2 aromatic rings. The van der Waals surface area contributed by atoms with Crippen LogP contribution in [-0.4, -0.2) is 30.9 Å². The minimum Gasteiger partial charge on any atom is -0.326 e. The third-order valence-electron chi connectivity index (χ3n) is 4.59. The Morgan fingerprint density at radius 3 is 2.92 bits per heavy atom. The molecule has 0 radical (unpaired) electrons. The van der Waals surface area contributed by atoms with E-state index in [0.29, 0.717) is 29.9 Å². The Labute approximate surface area is 142 Å². The number of non-ortho nitro benzene ring substituents is 1. The van der Waals surface area contributed by atoms with E-state index in [1.165, 1.54) is 16.8 Å². The van der Waals surface area contributed by atoms with Crippen molar-refractivity contribution >= 4 is 17.4 Å². The Morgan fingerprint density at radius 2 is 2.16 bits per heavy atom. The highest BCUT2D eigenvalue weighted by Gasteiger charge is 2.42. The fourth-order valence-electron chi connectivity index (χ4n) is 3.59. The fourth-order valence-corrected chi connectivity index (χ4v) is 3.59. The normalized spacial score (nSPS) is 21.4. The average Bonchev–Trinajstić information content (AvgIpc) is 2.99. The molecular formula is C16H16N6O3. The Kier molecular flexibility index (Phi) is 3.21. The zero-order valence-electron chi connectivity index (χ0n) is 13.8. The van der Waals surface area contributed by atoms with Crippen molar-refractivity contribution in [3.63, 3.8) is 0 Å². The molecule has 1 aliphatic heterocycles. The fraction of sp³-hybridized carbons (Fsp3) is 0.375. The molecule has 4 rings (SSSR count). The zero-order valence-corrected chi connectivity index (χ0v) is 13.8. The van der Waals surface area contributed by atoms with Crippen LogP contribution < -0.4 is 5.32 Å². The lowest BCUT2D eigenvalue weighted by molar-refractivity contribution is -0.384. The van der Waals surface area contributed by atoms with Crippen LogP contribution in [0.5, 0.6) is 0 Å². The second kappa shape index (κ2) is 5.20. The van der Waals surface area contributed by atoms with E-state index < -0.39 is 11.0 Å². The average molecular weight is 340 g/mol. The van der Waals surface area contributed by atoms with Crippen LogP contribution in [0.1, 0.15) is 38.3 Å². The van der Waals surface area contributed by atoms with Crippen LogP contribution >= 0.6 is 0 Å². The minimum atomic E-state index is -0.565. The van der Waals surface area contributed by atoms with Gasteiger partial charge in [0.1, 0.15) is 6.04 Å². The van der Waals surface area contributed by atoms with E-state index in [2.05, 4.69) is 20.8 Å². The number of benzene rings is 1. The number of tetrazole rings is 1. The minimum absolute atomic E-state index is 0.0106. The lowest BCUT2D eigenvalue weighted by atomic mass is 9.73. The van der Waals surface area contributed by atoms with Gasteiger partial charge in [0.05, 0.1) is 4.92 Å². The molecule has 0 bridgehead atoms. The molecule has 0 spiro atoms. The number of allylic oxidation sites excluding steroid dienone is 2. The Morgan fingerprint density at radius 1 is 1.36 bits per heavy atom. The summed E-state index contributed by atoms with van der Waals surface area (Å²) in [6.45, 7) is 4.08. The highest BCUT2D eigenvalue weighted by atomic mass is 16.6. The molecule has 1 aromatic heterocycles. The molecule has 0 amide bonds. The number of nitro benzene ring substituents is 1. The van der Waals surface area contributed by atoms with Crippen molar-refractivity contribution in [2.75, 3.05) is 5.32 Å². The number of nitrogens with zero attached hydrogens (tertiary/aromatic N) is 5. The van der Waals surface area contributed by atoms with Crippen LogP contribution in [0.2, 0.25) is 0 Å². The summed E-state index contributed by atoms with van der Waals surface area (Å²) in [5, 5.41) is 25.9. The van der Waals surface area contributed by atoms with Crippen LogP contribution in [0.15, 0.2) is 35.5 Å². The molecule has 9 nitrogen and oxygen atoms in total. The first-order chi connectivity index (χ1) is 11.9. The van der Waals surface area contributed by atoms with Crippen LogP contribution in [0.4, 0.5) is 11.6 Å². The summed E-state index contributed by atoms with van der Waals surface area (Å²) in [6, 6.07) is 5.69. The van der Waals surface area contributed by atoms with Gasteiger partial charge in [0.2, 0.25) is 5.95 Å².